The van der Waals surface area contributed by atoms with E-state index in [2.05, 4.69) is 14.3 Å². The van der Waals surface area contributed by atoms with Crippen molar-refractivity contribution >= 4 is 33.1 Å². The molecule has 2 rings (SSSR count). The van der Waals surface area contributed by atoms with Crippen LogP contribution in [0.5, 0.6) is 0 Å². The minimum atomic E-state index is -4.82. The van der Waals surface area contributed by atoms with Gasteiger partial charge in [0.2, 0.25) is 0 Å². The number of allylic oxidation sites excluding steroid dienone is 2. The van der Waals surface area contributed by atoms with Crippen LogP contribution in [0.15, 0.2) is 45.9 Å². The number of benzene rings is 1. The fourth-order valence-electron chi connectivity index (χ4n) is 2.25. The molecule has 2 N–H and O–H groups in total. The molecule has 0 spiro atoms. The number of nitrogens with two attached hydrogens (primary N) is 1. The second-order valence-electron chi connectivity index (χ2n) is 7.05. The molecule has 1 heterocycles. The quantitative estimate of drug-likeness (QED) is 0.404. The number of aromatic nitrogens is 2. The number of esters is 1. The number of sulfone groups is 1. The lowest BCUT2D eigenvalue weighted by Crippen LogP contribution is -2.22. The largest absolute Gasteiger partial charge is 0.463 e. The Morgan fingerprint density at radius 3 is 2.64 bits per heavy atom. The Morgan fingerprint density at radius 2 is 2.03 bits per heavy atom. The standard InChI is InChI=1S/C19H22F3N5O4S2/c1-27(2)7-8-31-16(28)11-24-14(10-15(23)19(20,21)22)18-25-17(26-32-18)12-5-4-6-13(9-12)33(3,29)30/h4-6,9-10H,7-8,11,23H2,1-3H3. The molecule has 0 saturated heterocycles. The molecular weight excluding hydrogens is 483 g/mol. The summed E-state index contributed by atoms with van der Waals surface area (Å²) in [5.41, 5.74) is 3.72. The van der Waals surface area contributed by atoms with E-state index >= 15 is 0 Å². The molecule has 0 unspecified atom stereocenters. The average molecular weight is 506 g/mol. The van der Waals surface area contributed by atoms with Crippen LogP contribution < -0.4 is 5.73 Å². The Labute approximate surface area is 192 Å². The zero-order chi connectivity index (χ0) is 24.8. The van der Waals surface area contributed by atoms with Crippen LogP contribution in [0.1, 0.15) is 5.01 Å². The van der Waals surface area contributed by atoms with Crippen molar-refractivity contribution < 1.29 is 31.1 Å². The number of hydrogen-bond donors (Lipinski definition) is 1. The summed E-state index contributed by atoms with van der Waals surface area (Å²) in [6, 6.07) is 5.79. The van der Waals surface area contributed by atoms with Crippen molar-refractivity contribution in [2.75, 3.05) is 40.0 Å². The van der Waals surface area contributed by atoms with E-state index in [0.29, 0.717) is 18.2 Å². The molecule has 0 atom stereocenters. The first-order valence-electron chi connectivity index (χ1n) is 9.31. The highest BCUT2D eigenvalue weighted by Gasteiger charge is 2.32. The summed E-state index contributed by atoms with van der Waals surface area (Å²) in [7, 11) is 0.0826. The first-order chi connectivity index (χ1) is 15.3. The van der Waals surface area contributed by atoms with E-state index in [9.17, 15) is 26.4 Å². The van der Waals surface area contributed by atoms with Crippen molar-refractivity contribution in [2.45, 2.75) is 11.1 Å². The number of ether oxygens (including phenoxy) is 1. The molecule has 0 amide bonds. The van der Waals surface area contributed by atoms with Gasteiger partial charge in [0.15, 0.2) is 20.7 Å². The summed E-state index contributed by atoms with van der Waals surface area (Å²) < 4.78 is 71.5. The summed E-state index contributed by atoms with van der Waals surface area (Å²) >= 11 is 0.724. The minimum Gasteiger partial charge on any atom is -0.463 e. The Bertz CT molecular complexity index is 1160. The number of hydrogen-bond acceptors (Lipinski definition) is 10. The molecule has 2 aromatic rings. The molecule has 0 saturated carbocycles. The lowest BCUT2D eigenvalue weighted by atomic mass is 10.2. The second kappa shape index (κ2) is 10.9. The van der Waals surface area contributed by atoms with Crippen LogP contribution in [0.25, 0.3) is 11.4 Å². The van der Waals surface area contributed by atoms with Crippen LogP contribution in [-0.4, -0.2) is 80.6 Å². The zero-order valence-electron chi connectivity index (χ0n) is 18.0. The lowest BCUT2D eigenvalue weighted by molar-refractivity contribution is -0.142. The van der Waals surface area contributed by atoms with E-state index in [0.717, 1.165) is 17.8 Å². The number of carbonyl (C=O) groups is 1. The van der Waals surface area contributed by atoms with Crippen molar-refractivity contribution in [2.24, 2.45) is 10.7 Å². The highest BCUT2D eigenvalue weighted by atomic mass is 32.2. The number of nitrogens with zero attached hydrogens (tertiary/aromatic N) is 4. The molecule has 1 aromatic carbocycles. The van der Waals surface area contributed by atoms with E-state index < -0.39 is 34.2 Å². The summed E-state index contributed by atoms with van der Waals surface area (Å²) in [5.74, 6) is -0.653. The summed E-state index contributed by atoms with van der Waals surface area (Å²) in [6.07, 6.45) is -3.21. The molecule has 33 heavy (non-hydrogen) atoms. The fraction of sp³-hybridized carbons (Fsp3) is 0.368. The van der Waals surface area contributed by atoms with Crippen LogP contribution in [0.3, 0.4) is 0 Å². The smallest absolute Gasteiger partial charge is 0.430 e. The van der Waals surface area contributed by atoms with E-state index in [1.54, 1.807) is 25.1 Å². The fourth-order valence-corrected chi connectivity index (χ4v) is 3.58. The maximum absolute atomic E-state index is 13.0. The van der Waals surface area contributed by atoms with Crippen molar-refractivity contribution in [1.82, 2.24) is 14.3 Å². The Balaban J connectivity index is 2.35. The maximum atomic E-state index is 13.0. The topological polar surface area (TPSA) is 128 Å². The third kappa shape index (κ3) is 8.22. The van der Waals surface area contributed by atoms with Crippen LogP contribution in [0.4, 0.5) is 13.2 Å². The molecule has 180 valence electrons. The minimum absolute atomic E-state index is 0.0342. The summed E-state index contributed by atoms with van der Waals surface area (Å²) in [5, 5.41) is -0.0388. The molecule has 1 aromatic heterocycles. The van der Waals surface area contributed by atoms with Crippen LogP contribution in [-0.2, 0) is 19.4 Å². The van der Waals surface area contributed by atoms with E-state index in [-0.39, 0.29) is 28.0 Å². The Hall–Kier alpha value is -2.84. The highest BCUT2D eigenvalue weighted by molar-refractivity contribution is 7.90. The van der Waals surface area contributed by atoms with Gasteiger partial charge in [0.05, 0.1) is 10.6 Å². The first kappa shape index (κ1) is 26.4. The van der Waals surface area contributed by atoms with Gasteiger partial charge in [-0.15, -0.1) is 0 Å². The van der Waals surface area contributed by atoms with Gasteiger partial charge in [-0.1, -0.05) is 12.1 Å². The molecule has 0 aliphatic heterocycles. The van der Waals surface area contributed by atoms with Crippen LogP contribution in [0.2, 0.25) is 0 Å². The zero-order valence-corrected chi connectivity index (χ0v) is 19.6. The first-order valence-corrected chi connectivity index (χ1v) is 12.0. The Kier molecular flexibility index (Phi) is 8.69. The molecular formula is C19H22F3N5O4S2. The molecule has 0 fully saturated rings. The van der Waals surface area contributed by atoms with Gasteiger partial charge in [-0.25, -0.2) is 13.4 Å². The number of carbonyl (C=O) groups excluding carboxylic acids is 1. The van der Waals surface area contributed by atoms with Gasteiger partial charge < -0.3 is 15.4 Å². The maximum Gasteiger partial charge on any atom is 0.430 e. The van der Waals surface area contributed by atoms with Gasteiger partial charge in [-0.3, -0.25) is 9.79 Å². The van der Waals surface area contributed by atoms with Gasteiger partial charge in [0, 0.05) is 18.4 Å². The van der Waals surface area contributed by atoms with E-state index in [1.165, 1.54) is 18.2 Å². The second-order valence-corrected chi connectivity index (χ2v) is 9.81. The van der Waals surface area contributed by atoms with Crippen molar-refractivity contribution in [3.8, 4) is 11.4 Å². The van der Waals surface area contributed by atoms with Crippen LogP contribution >= 0.6 is 11.5 Å². The molecule has 0 aliphatic rings. The third-order valence-corrected chi connectivity index (χ3v) is 5.81. The third-order valence-electron chi connectivity index (χ3n) is 3.97. The summed E-state index contributed by atoms with van der Waals surface area (Å²) in [4.78, 5) is 21.8. The van der Waals surface area contributed by atoms with Gasteiger partial charge in [0.25, 0.3) is 0 Å². The summed E-state index contributed by atoms with van der Waals surface area (Å²) in [6.45, 7) is 0.00919. The van der Waals surface area contributed by atoms with Crippen LogP contribution in [0, 0.1) is 0 Å². The average Bonchev–Trinajstić information content (AvgIpc) is 3.19. The predicted molar refractivity (Wildman–Crippen MR) is 118 cm³/mol. The number of likely N-dealkylation sites (N-methyl/N-ethyl adjacent to an activating group) is 1. The molecule has 9 nitrogen and oxygen atoms in total. The SMILES string of the molecule is CN(C)CCOC(=O)CN=C(C=C(N)C(F)(F)F)c1nc(-c2cccc(S(C)(=O)=O)c2)ns1. The van der Waals surface area contributed by atoms with Gasteiger partial charge >= 0.3 is 12.1 Å². The van der Waals surface area contributed by atoms with Gasteiger partial charge in [0.1, 0.15) is 18.8 Å². The number of halogens is 3. The van der Waals surface area contributed by atoms with Gasteiger partial charge in [-0.05, 0) is 43.8 Å². The molecule has 0 radical (unpaired) electrons. The number of alkyl halides is 3. The number of rotatable bonds is 9. The monoisotopic (exact) mass is 505 g/mol. The normalized spacial score (nSPS) is 13.4. The highest BCUT2D eigenvalue weighted by Crippen LogP contribution is 2.24. The van der Waals surface area contributed by atoms with Crippen molar-refractivity contribution in [3.63, 3.8) is 0 Å². The van der Waals surface area contributed by atoms with E-state index in [1.807, 2.05) is 0 Å². The molecule has 0 aliphatic carbocycles. The van der Waals surface area contributed by atoms with E-state index in [4.69, 9.17) is 10.5 Å². The molecule has 14 heteroatoms. The Morgan fingerprint density at radius 1 is 1.33 bits per heavy atom. The lowest BCUT2D eigenvalue weighted by Gasteiger charge is -2.09. The molecule has 0 bridgehead atoms. The predicted octanol–water partition coefficient (Wildman–Crippen LogP) is 1.91. The number of aliphatic imine (C=N–C) groups is 1. The van der Waals surface area contributed by atoms with Crippen molar-refractivity contribution in [3.05, 3.63) is 41.0 Å². The van der Waals surface area contributed by atoms with Crippen molar-refractivity contribution in [1.29, 1.82) is 0 Å². The van der Waals surface area contributed by atoms with Gasteiger partial charge in [-0.2, -0.15) is 17.5 Å².